The Hall–Kier alpha value is -1.39. The average Bonchev–Trinajstić information content (AvgIpc) is 2.75. The van der Waals surface area contributed by atoms with E-state index < -0.39 is 0 Å². The van der Waals surface area contributed by atoms with Crippen LogP contribution in [0.2, 0.25) is 0 Å². The summed E-state index contributed by atoms with van der Waals surface area (Å²) in [4.78, 5) is 38.8. The summed E-state index contributed by atoms with van der Waals surface area (Å²) in [5.74, 6) is 0.0998. The molecule has 126 valence electrons. The second kappa shape index (κ2) is 8.91. The number of carbonyl (C=O) groups excluding carboxylic acids is 3. The monoisotopic (exact) mass is 310 g/mol. The fourth-order valence-corrected chi connectivity index (χ4v) is 2.89. The van der Waals surface area contributed by atoms with Crippen LogP contribution in [0.15, 0.2) is 0 Å². The van der Waals surface area contributed by atoms with Crippen molar-refractivity contribution in [3.63, 3.8) is 0 Å². The second-order valence-electron chi connectivity index (χ2n) is 6.30. The first-order valence-electron chi connectivity index (χ1n) is 8.51. The molecule has 2 unspecified atom stereocenters. The summed E-state index contributed by atoms with van der Waals surface area (Å²) >= 11 is 0. The van der Waals surface area contributed by atoms with Gasteiger partial charge >= 0.3 is 0 Å². The number of rotatable bonds is 9. The maximum absolute atomic E-state index is 12.1. The van der Waals surface area contributed by atoms with E-state index in [1.807, 2.05) is 20.9 Å². The first-order valence-corrected chi connectivity index (χ1v) is 8.51. The van der Waals surface area contributed by atoms with Gasteiger partial charge in [-0.05, 0) is 26.2 Å². The third-order valence-electron chi connectivity index (χ3n) is 4.60. The van der Waals surface area contributed by atoms with Gasteiger partial charge in [0.1, 0.15) is 0 Å². The van der Waals surface area contributed by atoms with Crippen LogP contribution in [0.25, 0.3) is 0 Å². The van der Waals surface area contributed by atoms with Crippen molar-refractivity contribution in [1.82, 2.24) is 9.80 Å². The topological polar surface area (TPSA) is 57.7 Å². The van der Waals surface area contributed by atoms with Crippen molar-refractivity contribution in [1.29, 1.82) is 0 Å². The minimum absolute atomic E-state index is 0.0313. The molecular formula is C17H30N2O3. The zero-order valence-electron chi connectivity index (χ0n) is 14.4. The Morgan fingerprint density at radius 2 is 1.95 bits per heavy atom. The first kappa shape index (κ1) is 18.7. The van der Waals surface area contributed by atoms with Crippen LogP contribution in [0.5, 0.6) is 0 Å². The highest BCUT2D eigenvalue weighted by atomic mass is 16.2. The van der Waals surface area contributed by atoms with Crippen LogP contribution >= 0.6 is 0 Å². The Morgan fingerprint density at radius 3 is 2.45 bits per heavy atom. The van der Waals surface area contributed by atoms with Crippen molar-refractivity contribution in [2.75, 3.05) is 20.1 Å². The van der Waals surface area contributed by atoms with Crippen molar-refractivity contribution < 1.29 is 14.4 Å². The van der Waals surface area contributed by atoms with Gasteiger partial charge in [0.2, 0.25) is 17.7 Å². The highest BCUT2D eigenvalue weighted by molar-refractivity contribution is 6.03. The summed E-state index contributed by atoms with van der Waals surface area (Å²) in [6, 6.07) is 0. The normalized spacial score (nSPS) is 19.6. The molecule has 5 nitrogen and oxygen atoms in total. The summed E-state index contributed by atoms with van der Waals surface area (Å²) in [5, 5.41) is 0. The van der Waals surface area contributed by atoms with Crippen LogP contribution in [0, 0.1) is 11.8 Å². The fourth-order valence-electron chi connectivity index (χ4n) is 2.89. The zero-order chi connectivity index (χ0) is 16.7. The van der Waals surface area contributed by atoms with Gasteiger partial charge in [-0.2, -0.15) is 0 Å². The van der Waals surface area contributed by atoms with E-state index in [0.29, 0.717) is 13.0 Å². The van der Waals surface area contributed by atoms with Crippen LogP contribution in [-0.2, 0) is 14.4 Å². The van der Waals surface area contributed by atoms with Gasteiger partial charge in [-0.3, -0.25) is 19.3 Å². The van der Waals surface area contributed by atoms with E-state index >= 15 is 0 Å². The molecule has 0 aliphatic carbocycles. The van der Waals surface area contributed by atoms with Gasteiger partial charge in [0.05, 0.1) is 0 Å². The van der Waals surface area contributed by atoms with Crippen molar-refractivity contribution in [3.8, 4) is 0 Å². The summed E-state index contributed by atoms with van der Waals surface area (Å²) in [5.41, 5.74) is 0. The summed E-state index contributed by atoms with van der Waals surface area (Å²) in [7, 11) is 1.84. The molecule has 0 spiro atoms. The molecule has 0 radical (unpaired) electrons. The largest absolute Gasteiger partial charge is 0.346 e. The van der Waals surface area contributed by atoms with Crippen LogP contribution in [-0.4, -0.2) is 47.7 Å². The Balaban J connectivity index is 2.26. The Kier molecular flexibility index (Phi) is 7.56. The lowest BCUT2D eigenvalue weighted by atomic mass is 9.97. The zero-order valence-corrected chi connectivity index (χ0v) is 14.4. The van der Waals surface area contributed by atoms with Crippen molar-refractivity contribution in [3.05, 3.63) is 0 Å². The summed E-state index contributed by atoms with van der Waals surface area (Å²) < 4.78 is 0. The fraction of sp³-hybridized carbons (Fsp3) is 0.824. The second-order valence-corrected chi connectivity index (χ2v) is 6.30. The highest BCUT2D eigenvalue weighted by Crippen LogP contribution is 2.20. The Labute approximate surface area is 134 Å². The minimum atomic E-state index is -0.154. The molecule has 1 fully saturated rings. The number of hydrogen-bond acceptors (Lipinski definition) is 3. The summed E-state index contributed by atoms with van der Waals surface area (Å²) in [6.45, 7) is 7.11. The number of likely N-dealkylation sites (tertiary alicyclic amines) is 1. The number of carbonyl (C=O) groups is 3. The molecule has 1 aliphatic heterocycles. The molecule has 3 amide bonds. The number of imide groups is 1. The number of nitrogens with zero attached hydrogens (tertiary/aromatic N) is 2. The van der Waals surface area contributed by atoms with Gasteiger partial charge in [0.25, 0.3) is 0 Å². The molecule has 1 saturated heterocycles. The molecule has 0 bridgehead atoms. The number of hydrogen-bond donors (Lipinski definition) is 0. The van der Waals surface area contributed by atoms with E-state index in [-0.39, 0.29) is 29.6 Å². The first-order chi connectivity index (χ1) is 10.4. The molecule has 0 aromatic rings. The molecule has 0 aromatic carbocycles. The standard InChI is InChI=1S/C17H30N2O3/c1-5-14(17(22)18(4)6-2)10-8-7-9-11-19-15(20)12-13(3)16(19)21/h13-14H,5-12H2,1-4H3. The van der Waals surface area contributed by atoms with Crippen LogP contribution in [0.4, 0.5) is 0 Å². The lowest BCUT2D eigenvalue weighted by Gasteiger charge is -2.21. The maximum atomic E-state index is 12.1. The predicted molar refractivity (Wildman–Crippen MR) is 86.1 cm³/mol. The molecule has 1 heterocycles. The smallest absolute Gasteiger partial charge is 0.232 e. The molecule has 1 rings (SSSR count). The molecule has 22 heavy (non-hydrogen) atoms. The van der Waals surface area contributed by atoms with Gasteiger partial charge in [-0.25, -0.2) is 0 Å². The molecule has 0 aromatic heterocycles. The predicted octanol–water partition coefficient (Wildman–Crippen LogP) is 2.45. The van der Waals surface area contributed by atoms with E-state index in [0.717, 1.165) is 38.6 Å². The average molecular weight is 310 g/mol. The Bertz CT molecular complexity index is 409. The van der Waals surface area contributed by atoms with Crippen LogP contribution < -0.4 is 0 Å². The van der Waals surface area contributed by atoms with Crippen molar-refractivity contribution in [2.45, 2.75) is 59.3 Å². The van der Waals surface area contributed by atoms with Crippen LogP contribution in [0.1, 0.15) is 59.3 Å². The third kappa shape index (κ3) is 4.82. The highest BCUT2D eigenvalue weighted by Gasteiger charge is 2.34. The molecule has 1 aliphatic rings. The SMILES string of the molecule is CCC(CCCCCN1C(=O)CC(C)C1=O)C(=O)N(C)CC. The van der Waals surface area contributed by atoms with E-state index in [4.69, 9.17) is 0 Å². The van der Waals surface area contributed by atoms with E-state index in [9.17, 15) is 14.4 Å². The summed E-state index contributed by atoms with van der Waals surface area (Å²) in [6.07, 6.45) is 4.85. The van der Waals surface area contributed by atoms with Gasteiger partial charge in [-0.15, -0.1) is 0 Å². The lowest BCUT2D eigenvalue weighted by molar-refractivity contribution is -0.139. The third-order valence-corrected chi connectivity index (χ3v) is 4.60. The van der Waals surface area contributed by atoms with Crippen molar-refractivity contribution >= 4 is 17.7 Å². The molecule has 0 saturated carbocycles. The van der Waals surface area contributed by atoms with Crippen molar-refractivity contribution in [2.24, 2.45) is 11.8 Å². The molecule has 0 N–H and O–H groups in total. The van der Waals surface area contributed by atoms with E-state index in [1.165, 1.54) is 4.90 Å². The van der Waals surface area contributed by atoms with Crippen LogP contribution in [0.3, 0.4) is 0 Å². The number of amides is 3. The number of unbranched alkanes of at least 4 members (excludes halogenated alkanes) is 2. The molecular weight excluding hydrogens is 280 g/mol. The molecule has 2 atom stereocenters. The van der Waals surface area contributed by atoms with E-state index in [1.54, 1.807) is 4.90 Å². The van der Waals surface area contributed by atoms with Gasteiger partial charge < -0.3 is 4.90 Å². The minimum Gasteiger partial charge on any atom is -0.346 e. The van der Waals surface area contributed by atoms with Gasteiger partial charge in [0.15, 0.2) is 0 Å². The molecule has 5 heteroatoms. The quantitative estimate of drug-likeness (QED) is 0.485. The lowest BCUT2D eigenvalue weighted by Crippen LogP contribution is -2.32. The van der Waals surface area contributed by atoms with E-state index in [2.05, 4.69) is 6.92 Å². The maximum Gasteiger partial charge on any atom is 0.232 e. The van der Waals surface area contributed by atoms with Gasteiger partial charge in [0, 0.05) is 38.4 Å². The van der Waals surface area contributed by atoms with Gasteiger partial charge in [-0.1, -0.05) is 26.7 Å². The Morgan fingerprint density at radius 1 is 1.27 bits per heavy atom.